The Bertz CT molecular complexity index is 388. The first-order valence-electron chi connectivity index (χ1n) is 5.76. The minimum Gasteiger partial charge on any atom is -0.495 e. The van der Waals surface area contributed by atoms with Crippen LogP contribution in [0.25, 0.3) is 0 Å². The van der Waals surface area contributed by atoms with Crippen LogP contribution in [0.3, 0.4) is 0 Å². The molecule has 1 aromatic rings. The third-order valence-electron chi connectivity index (χ3n) is 3.28. The highest BCUT2D eigenvalue weighted by atomic mass is 35.5. The van der Waals surface area contributed by atoms with Crippen molar-refractivity contribution in [3.8, 4) is 5.75 Å². The molecule has 0 saturated heterocycles. The molecule has 0 bridgehead atoms. The molecular formula is C13H17ClO2. The fourth-order valence-corrected chi connectivity index (χ4v) is 2.82. The summed E-state index contributed by atoms with van der Waals surface area (Å²) in [6, 6.07) is 2.00. The van der Waals surface area contributed by atoms with E-state index in [2.05, 4.69) is 0 Å². The molecule has 88 valence electrons. The number of aryl methyl sites for hydroxylation is 1. The van der Waals surface area contributed by atoms with Crippen LogP contribution in [-0.4, -0.2) is 12.2 Å². The van der Waals surface area contributed by atoms with Crippen molar-refractivity contribution < 1.29 is 9.84 Å². The molecule has 16 heavy (non-hydrogen) atoms. The Balaban J connectivity index is 2.56. The van der Waals surface area contributed by atoms with Gasteiger partial charge in [0.05, 0.1) is 18.7 Å². The highest BCUT2D eigenvalue weighted by molar-refractivity contribution is 6.32. The Morgan fingerprint density at radius 1 is 1.31 bits per heavy atom. The van der Waals surface area contributed by atoms with Crippen LogP contribution in [0.2, 0.25) is 5.02 Å². The predicted octanol–water partition coefficient (Wildman–Crippen LogP) is 3.11. The van der Waals surface area contributed by atoms with Crippen molar-refractivity contribution in [3.63, 3.8) is 0 Å². The lowest BCUT2D eigenvalue weighted by Gasteiger charge is -2.16. The normalized spacial score (nSPS) is 15.4. The van der Waals surface area contributed by atoms with Crippen molar-refractivity contribution in [1.29, 1.82) is 0 Å². The van der Waals surface area contributed by atoms with Crippen molar-refractivity contribution in [2.45, 2.75) is 38.7 Å². The third-order valence-corrected chi connectivity index (χ3v) is 3.56. The highest BCUT2D eigenvalue weighted by Gasteiger charge is 2.18. The predicted molar refractivity (Wildman–Crippen MR) is 65.2 cm³/mol. The molecule has 1 aromatic carbocycles. The first-order chi connectivity index (χ1) is 7.77. The van der Waals surface area contributed by atoms with E-state index in [0.29, 0.717) is 10.8 Å². The molecule has 0 amide bonds. The van der Waals surface area contributed by atoms with Gasteiger partial charge in [-0.1, -0.05) is 18.0 Å². The molecule has 0 spiro atoms. The molecular weight excluding hydrogens is 224 g/mol. The lowest BCUT2D eigenvalue weighted by molar-refractivity contribution is 0.272. The summed E-state index contributed by atoms with van der Waals surface area (Å²) in [7, 11) is 1.60. The summed E-state index contributed by atoms with van der Waals surface area (Å²) in [4.78, 5) is 0. The first kappa shape index (κ1) is 11.7. The summed E-state index contributed by atoms with van der Waals surface area (Å²) < 4.78 is 5.28. The Hall–Kier alpha value is -0.730. The summed E-state index contributed by atoms with van der Waals surface area (Å²) in [5.74, 6) is 0.643. The van der Waals surface area contributed by atoms with Crippen molar-refractivity contribution in [3.05, 3.63) is 27.8 Å². The molecule has 3 heteroatoms. The Morgan fingerprint density at radius 3 is 2.75 bits per heavy atom. The summed E-state index contributed by atoms with van der Waals surface area (Å²) >= 11 is 6.16. The second-order valence-electron chi connectivity index (χ2n) is 4.23. The number of aliphatic hydroxyl groups excluding tert-OH is 1. The summed E-state index contributed by atoms with van der Waals surface area (Å²) in [5, 5.41) is 10.1. The van der Waals surface area contributed by atoms with E-state index < -0.39 is 0 Å². The van der Waals surface area contributed by atoms with E-state index in [1.54, 1.807) is 7.11 Å². The molecule has 2 rings (SSSR count). The second-order valence-corrected chi connectivity index (χ2v) is 4.63. The highest BCUT2D eigenvalue weighted by Crippen LogP contribution is 2.36. The number of methoxy groups -OCH3 is 1. The lowest BCUT2D eigenvalue weighted by atomic mass is 9.96. The molecule has 0 aromatic heterocycles. The second kappa shape index (κ2) is 5.07. The van der Waals surface area contributed by atoms with Gasteiger partial charge in [-0.2, -0.15) is 0 Å². The maximum Gasteiger partial charge on any atom is 0.143 e. The number of hydrogen-bond donors (Lipinski definition) is 1. The number of halogens is 1. The SMILES string of the molecule is COc1c(Cl)cc2c(c1CO)CCCCC2. The molecule has 0 atom stereocenters. The smallest absolute Gasteiger partial charge is 0.143 e. The van der Waals surface area contributed by atoms with Crippen LogP contribution >= 0.6 is 11.6 Å². The Kier molecular flexibility index (Phi) is 3.72. The summed E-state index contributed by atoms with van der Waals surface area (Å²) in [5.41, 5.74) is 3.42. The fraction of sp³-hybridized carbons (Fsp3) is 0.538. The zero-order valence-electron chi connectivity index (χ0n) is 9.55. The molecule has 1 N–H and O–H groups in total. The fourth-order valence-electron chi connectivity index (χ4n) is 2.50. The van der Waals surface area contributed by atoms with E-state index in [1.165, 1.54) is 30.4 Å². The minimum atomic E-state index is 0.00602. The van der Waals surface area contributed by atoms with Crippen molar-refractivity contribution in [1.82, 2.24) is 0 Å². The molecule has 0 heterocycles. The molecule has 0 saturated carbocycles. The molecule has 1 aliphatic rings. The van der Waals surface area contributed by atoms with E-state index in [4.69, 9.17) is 16.3 Å². The number of benzene rings is 1. The van der Waals surface area contributed by atoms with Crippen LogP contribution in [0.1, 0.15) is 36.0 Å². The molecule has 0 fully saturated rings. The monoisotopic (exact) mass is 240 g/mol. The van der Waals surface area contributed by atoms with Gasteiger partial charge in [0.25, 0.3) is 0 Å². The summed E-state index contributed by atoms with van der Waals surface area (Å²) in [6.45, 7) is 0.00602. The molecule has 1 aliphatic carbocycles. The zero-order chi connectivity index (χ0) is 11.5. The topological polar surface area (TPSA) is 29.5 Å². The van der Waals surface area contributed by atoms with Crippen molar-refractivity contribution >= 4 is 11.6 Å². The van der Waals surface area contributed by atoms with Crippen molar-refractivity contribution in [2.75, 3.05) is 7.11 Å². The summed E-state index contributed by atoms with van der Waals surface area (Å²) in [6.07, 6.45) is 5.73. The number of hydrogen-bond acceptors (Lipinski definition) is 2. The van der Waals surface area contributed by atoms with Gasteiger partial charge in [-0.15, -0.1) is 0 Å². The van der Waals surface area contributed by atoms with Gasteiger partial charge in [0, 0.05) is 5.56 Å². The Morgan fingerprint density at radius 2 is 2.06 bits per heavy atom. The number of ether oxygens (including phenoxy) is 1. The Labute approximate surface area is 101 Å². The van der Waals surface area contributed by atoms with E-state index in [0.717, 1.165) is 18.4 Å². The first-order valence-corrected chi connectivity index (χ1v) is 6.13. The van der Waals surface area contributed by atoms with Crippen molar-refractivity contribution in [2.24, 2.45) is 0 Å². The number of rotatable bonds is 2. The van der Waals surface area contributed by atoms with E-state index in [-0.39, 0.29) is 6.61 Å². The maximum absolute atomic E-state index is 9.48. The lowest BCUT2D eigenvalue weighted by Crippen LogP contribution is -2.02. The average molecular weight is 241 g/mol. The largest absolute Gasteiger partial charge is 0.495 e. The van der Waals surface area contributed by atoms with Gasteiger partial charge in [0.15, 0.2) is 0 Å². The molecule has 2 nitrogen and oxygen atoms in total. The van der Waals surface area contributed by atoms with Gasteiger partial charge < -0.3 is 9.84 Å². The van der Waals surface area contributed by atoms with Crippen LogP contribution < -0.4 is 4.74 Å². The van der Waals surface area contributed by atoms with Crippen LogP contribution in [0, 0.1) is 0 Å². The van der Waals surface area contributed by atoms with Gasteiger partial charge >= 0.3 is 0 Å². The maximum atomic E-state index is 9.48. The van der Waals surface area contributed by atoms with Gasteiger partial charge in [-0.25, -0.2) is 0 Å². The van der Waals surface area contributed by atoms with E-state index >= 15 is 0 Å². The minimum absolute atomic E-state index is 0.00602. The van der Waals surface area contributed by atoms with Gasteiger partial charge in [-0.3, -0.25) is 0 Å². The third kappa shape index (κ3) is 2.04. The molecule has 0 radical (unpaired) electrons. The number of aliphatic hydroxyl groups is 1. The zero-order valence-corrected chi connectivity index (χ0v) is 10.3. The van der Waals surface area contributed by atoms with Gasteiger partial charge in [0.2, 0.25) is 0 Å². The quantitative estimate of drug-likeness (QED) is 0.805. The van der Waals surface area contributed by atoms with Crippen LogP contribution in [0.15, 0.2) is 6.07 Å². The molecule has 0 unspecified atom stereocenters. The van der Waals surface area contributed by atoms with Gasteiger partial charge in [0.1, 0.15) is 5.75 Å². The standard InChI is InChI=1S/C13H17ClO2/c1-16-13-11(8-15)10-6-4-2-3-5-9(10)7-12(13)14/h7,15H,2-6,8H2,1H3. The van der Waals surface area contributed by atoms with E-state index in [9.17, 15) is 5.11 Å². The van der Waals surface area contributed by atoms with E-state index in [1.807, 2.05) is 6.07 Å². The van der Waals surface area contributed by atoms with Gasteiger partial charge in [-0.05, 0) is 42.9 Å². The van der Waals surface area contributed by atoms with Crippen LogP contribution in [0.5, 0.6) is 5.75 Å². The molecule has 0 aliphatic heterocycles. The van der Waals surface area contributed by atoms with Crippen LogP contribution in [0.4, 0.5) is 0 Å². The van der Waals surface area contributed by atoms with Crippen LogP contribution in [-0.2, 0) is 19.4 Å². The number of fused-ring (bicyclic) bond motifs is 1. The average Bonchev–Trinajstić information content (AvgIpc) is 2.52.